The minimum Gasteiger partial charge on any atom is -0.361 e. The van der Waals surface area contributed by atoms with E-state index in [1.807, 2.05) is 18.2 Å². The molecule has 1 aromatic carbocycles. The number of hydrogen-bond acceptors (Lipinski definition) is 4. The van der Waals surface area contributed by atoms with Gasteiger partial charge in [0, 0.05) is 29.6 Å². The van der Waals surface area contributed by atoms with E-state index in [2.05, 4.69) is 33.3 Å². The summed E-state index contributed by atoms with van der Waals surface area (Å²) in [6.07, 6.45) is 3.10. The molecular formula is C15H16N4OS2. The molecule has 7 heteroatoms. The largest absolute Gasteiger partial charge is 0.361 e. The number of amides is 1. The van der Waals surface area contributed by atoms with Crippen LogP contribution in [0.15, 0.2) is 59.8 Å². The number of pyridine rings is 1. The molecule has 3 N–H and O–H groups in total. The lowest BCUT2D eigenvalue weighted by molar-refractivity contribution is 0.0943. The van der Waals surface area contributed by atoms with E-state index >= 15 is 0 Å². The molecule has 1 aromatic heterocycles. The number of carbonyl (C=O) groups excluding carboxylic acids is 1. The van der Waals surface area contributed by atoms with Crippen LogP contribution in [0.1, 0.15) is 10.4 Å². The summed E-state index contributed by atoms with van der Waals surface area (Å²) in [5.74, 6) is 0.596. The molecule has 0 aliphatic rings. The van der Waals surface area contributed by atoms with Crippen LogP contribution in [0.3, 0.4) is 0 Å². The third-order valence-electron chi connectivity index (χ3n) is 2.61. The highest BCUT2D eigenvalue weighted by Gasteiger charge is 2.04. The van der Waals surface area contributed by atoms with E-state index < -0.39 is 0 Å². The van der Waals surface area contributed by atoms with Gasteiger partial charge in [-0.3, -0.25) is 20.6 Å². The second-order valence-corrected chi connectivity index (χ2v) is 5.81. The average Bonchev–Trinajstić information content (AvgIpc) is 2.58. The maximum Gasteiger partial charge on any atom is 0.271 e. The van der Waals surface area contributed by atoms with Crippen molar-refractivity contribution in [1.29, 1.82) is 0 Å². The quantitative estimate of drug-likeness (QED) is 0.337. The molecule has 0 saturated heterocycles. The van der Waals surface area contributed by atoms with Crippen molar-refractivity contribution >= 4 is 35.0 Å². The van der Waals surface area contributed by atoms with Crippen molar-refractivity contribution in [2.75, 3.05) is 12.3 Å². The molecule has 114 valence electrons. The van der Waals surface area contributed by atoms with E-state index in [4.69, 9.17) is 12.2 Å². The molecule has 1 amide bonds. The second-order valence-electron chi connectivity index (χ2n) is 4.24. The summed E-state index contributed by atoms with van der Waals surface area (Å²) in [7, 11) is 0. The SMILES string of the molecule is O=C(NNC(=S)NCCSc1ccccc1)c1cccnc1. The van der Waals surface area contributed by atoms with E-state index in [1.54, 1.807) is 30.1 Å². The lowest BCUT2D eigenvalue weighted by atomic mass is 10.3. The minimum atomic E-state index is -0.282. The Morgan fingerprint density at radius 1 is 1.14 bits per heavy atom. The Labute approximate surface area is 138 Å². The van der Waals surface area contributed by atoms with Crippen molar-refractivity contribution in [1.82, 2.24) is 21.2 Å². The Morgan fingerprint density at radius 2 is 1.95 bits per heavy atom. The molecule has 0 unspecified atom stereocenters. The molecule has 0 aliphatic carbocycles. The number of hydrazine groups is 1. The molecule has 0 fully saturated rings. The van der Waals surface area contributed by atoms with Gasteiger partial charge in [0.15, 0.2) is 5.11 Å². The van der Waals surface area contributed by atoms with Crippen LogP contribution in [0.4, 0.5) is 0 Å². The fourth-order valence-electron chi connectivity index (χ4n) is 1.58. The molecule has 22 heavy (non-hydrogen) atoms. The van der Waals surface area contributed by atoms with Gasteiger partial charge < -0.3 is 5.32 Å². The van der Waals surface area contributed by atoms with Gasteiger partial charge in [-0.1, -0.05) is 18.2 Å². The molecule has 2 rings (SSSR count). The van der Waals surface area contributed by atoms with Gasteiger partial charge in [-0.05, 0) is 36.5 Å². The fourth-order valence-corrected chi connectivity index (χ4v) is 2.52. The van der Waals surface area contributed by atoms with Crippen molar-refractivity contribution in [3.05, 3.63) is 60.4 Å². The normalized spacial score (nSPS) is 9.82. The zero-order valence-electron chi connectivity index (χ0n) is 11.8. The Morgan fingerprint density at radius 3 is 2.68 bits per heavy atom. The number of thioether (sulfide) groups is 1. The lowest BCUT2D eigenvalue weighted by Crippen LogP contribution is -2.47. The van der Waals surface area contributed by atoms with Gasteiger partial charge in [0.2, 0.25) is 0 Å². The topological polar surface area (TPSA) is 66.1 Å². The van der Waals surface area contributed by atoms with Crippen LogP contribution in [0.25, 0.3) is 0 Å². The Kier molecular flexibility index (Phi) is 6.66. The number of nitrogens with zero attached hydrogens (tertiary/aromatic N) is 1. The number of carbonyl (C=O) groups is 1. The summed E-state index contributed by atoms with van der Waals surface area (Å²) in [5, 5.41) is 3.41. The van der Waals surface area contributed by atoms with Gasteiger partial charge in [0.25, 0.3) is 5.91 Å². The van der Waals surface area contributed by atoms with Crippen LogP contribution in [0.5, 0.6) is 0 Å². The molecule has 0 aliphatic heterocycles. The van der Waals surface area contributed by atoms with Gasteiger partial charge in [0.1, 0.15) is 0 Å². The van der Waals surface area contributed by atoms with Gasteiger partial charge in [-0.25, -0.2) is 0 Å². The van der Waals surface area contributed by atoms with Gasteiger partial charge in [-0.15, -0.1) is 11.8 Å². The average molecular weight is 332 g/mol. The van der Waals surface area contributed by atoms with Crippen LogP contribution < -0.4 is 16.2 Å². The van der Waals surface area contributed by atoms with Crippen molar-refractivity contribution in [2.24, 2.45) is 0 Å². The van der Waals surface area contributed by atoms with Crippen molar-refractivity contribution in [2.45, 2.75) is 4.90 Å². The predicted molar refractivity (Wildman–Crippen MR) is 92.6 cm³/mol. The third-order valence-corrected chi connectivity index (χ3v) is 3.87. The van der Waals surface area contributed by atoms with Crippen molar-refractivity contribution < 1.29 is 4.79 Å². The summed E-state index contributed by atoms with van der Waals surface area (Å²) < 4.78 is 0. The van der Waals surface area contributed by atoms with Gasteiger partial charge in [0.05, 0.1) is 5.56 Å². The van der Waals surface area contributed by atoms with Crippen LogP contribution in [-0.4, -0.2) is 28.3 Å². The Bertz CT molecular complexity index is 607. The number of nitrogens with one attached hydrogen (secondary N) is 3. The fraction of sp³-hybridized carbons (Fsp3) is 0.133. The number of thiocarbonyl (C=S) groups is 1. The highest BCUT2D eigenvalue weighted by molar-refractivity contribution is 7.99. The molecule has 0 spiro atoms. The molecule has 5 nitrogen and oxygen atoms in total. The number of aromatic nitrogens is 1. The van der Waals surface area contributed by atoms with E-state index in [1.165, 1.54) is 11.1 Å². The number of hydrogen-bond donors (Lipinski definition) is 3. The van der Waals surface area contributed by atoms with Crippen LogP contribution in [0.2, 0.25) is 0 Å². The zero-order chi connectivity index (χ0) is 15.6. The first-order valence-electron chi connectivity index (χ1n) is 6.68. The van der Waals surface area contributed by atoms with Crippen LogP contribution in [0, 0.1) is 0 Å². The highest BCUT2D eigenvalue weighted by Crippen LogP contribution is 2.15. The van der Waals surface area contributed by atoms with Crippen LogP contribution in [-0.2, 0) is 0 Å². The zero-order valence-corrected chi connectivity index (χ0v) is 13.4. The third kappa shape index (κ3) is 5.71. The summed E-state index contributed by atoms with van der Waals surface area (Å²) in [5.41, 5.74) is 5.65. The van der Waals surface area contributed by atoms with Gasteiger partial charge in [-0.2, -0.15) is 0 Å². The van der Waals surface area contributed by atoms with E-state index in [0.29, 0.717) is 17.2 Å². The number of rotatable bonds is 5. The van der Waals surface area contributed by atoms with E-state index in [0.717, 1.165) is 5.75 Å². The molecule has 0 bridgehead atoms. The highest BCUT2D eigenvalue weighted by atomic mass is 32.2. The van der Waals surface area contributed by atoms with E-state index in [9.17, 15) is 4.79 Å². The number of benzene rings is 1. The second kappa shape index (κ2) is 9.01. The molecule has 2 aromatic rings. The standard InChI is InChI=1S/C15H16N4OS2/c20-14(12-5-4-8-16-11-12)18-19-15(21)17-9-10-22-13-6-2-1-3-7-13/h1-8,11H,9-10H2,(H,18,20)(H2,17,19,21). The molecule has 0 saturated carbocycles. The first-order chi connectivity index (χ1) is 10.8. The summed E-state index contributed by atoms with van der Waals surface area (Å²) >= 11 is 6.83. The lowest BCUT2D eigenvalue weighted by Gasteiger charge is -2.11. The van der Waals surface area contributed by atoms with Gasteiger partial charge >= 0.3 is 0 Å². The van der Waals surface area contributed by atoms with Crippen molar-refractivity contribution in [3.8, 4) is 0 Å². The Hall–Kier alpha value is -2.12. The summed E-state index contributed by atoms with van der Waals surface area (Å²) in [4.78, 5) is 16.9. The first kappa shape index (κ1) is 16.3. The smallest absolute Gasteiger partial charge is 0.271 e. The van der Waals surface area contributed by atoms with Crippen molar-refractivity contribution in [3.63, 3.8) is 0 Å². The molecule has 1 heterocycles. The predicted octanol–water partition coefficient (Wildman–Crippen LogP) is 1.98. The summed E-state index contributed by atoms with van der Waals surface area (Å²) in [6.45, 7) is 0.703. The first-order valence-corrected chi connectivity index (χ1v) is 8.07. The molecule has 0 atom stereocenters. The maximum absolute atomic E-state index is 11.8. The molecular weight excluding hydrogens is 316 g/mol. The minimum absolute atomic E-state index is 0.282. The summed E-state index contributed by atoms with van der Waals surface area (Å²) in [6, 6.07) is 13.5. The van der Waals surface area contributed by atoms with E-state index in [-0.39, 0.29) is 5.91 Å². The van der Waals surface area contributed by atoms with Crippen LogP contribution >= 0.6 is 24.0 Å². The maximum atomic E-state index is 11.8. The molecule has 0 radical (unpaired) electrons. The monoisotopic (exact) mass is 332 g/mol. The Balaban J connectivity index is 1.61.